The van der Waals surface area contributed by atoms with Crippen LogP contribution in [0.4, 0.5) is 0 Å². The minimum Gasteiger partial charge on any atom is -0.477 e. The van der Waals surface area contributed by atoms with Crippen LogP contribution in [0.3, 0.4) is 0 Å². The lowest BCUT2D eigenvalue weighted by atomic mass is 10.1. The van der Waals surface area contributed by atoms with Crippen LogP contribution in [0.1, 0.15) is 35.7 Å². The van der Waals surface area contributed by atoms with Crippen molar-refractivity contribution in [3.63, 3.8) is 0 Å². The lowest BCUT2D eigenvalue weighted by Gasteiger charge is -2.14. The highest BCUT2D eigenvalue weighted by Crippen LogP contribution is 2.19. The van der Waals surface area contributed by atoms with E-state index < -0.39 is 11.5 Å². The van der Waals surface area contributed by atoms with Crippen molar-refractivity contribution in [2.75, 3.05) is 0 Å². The second kappa shape index (κ2) is 6.39. The molecule has 1 heterocycles. The van der Waals surface area contributed by atoms with E-state index >= 15 is 0 Å². The molecule has 2 rings (SSSR count). The van der Waals surface area contributed by atoms with Crippen LogP contribution in [0.5, 0.6) is 0 Å². The Morgan fingerprint density at radius 3 is 2.38 bits per heavy atom. The summed E-state index contributed by atoms with van der Waals surface area (Å²) >= 11 is 0. The monoisotopic (exact) mass is 285 g/mol. The quantitative estimate of drug-likeness (QED) is 0.916. The van der Waals surface area contributed by atoms with Gasteiger partial charge in [-0.2, -0.15) is 0 Å². The molecule has 0 saturated heterocycles. The number of rotatable bonds is 5. The maximum absolute atomic E-state index is 12.4. The number of unbranched alkanes of at least 4 members (excludes halogenated alkanes) is 1. The van der Waals surface area contributed by atoms with Crippen LogP contribution in [0.15, 0.2) is 41.2 Å². The van der Waals surface area contributed by atoms with Crippen LogP contribution < -0.4 is 5.56 Å². The van der Waals surface area contributed by atoms with E-state index in [1.807, 2.05) is 38.1 Å². The van der Waals surface area contributed by atoms with Gasteiger partial charge in [-0.05, 0) is 31.0 Å². The largest absolute Gasteiger partial charge is 0.477 e. The number of carbonyl (C=O) groups is 1. The summed E-state index contributed by atoms with van der Waals surface area (Å²) in [6, 6.07) is 11.0. The molecule has 4 nitrogen and oxygen atoms in total. The van der Waals surface area contributed by atoms with Crippen molar-refractivity contribution >= 4 is 5.97 Å². The summed E-state index contributed by atoms with van der Waals surface area (Å²) < 4.78 is 1.57. The molecule has 1 N–H and O–H groups in total. The van der Waals surface area contributed by atoms with Crippen LogP contribution in [-0.4, -0.2) is 15.6 Å². The highest BCUT2D eigenvalue weighted by molar-refractivity contribution is 5.87. The SMILES string of the molecule is CCCCn1c(-c2ccc(C)cc2)ccc(C(=O)O)c1=O. The van der Waals surface area contributed by atoms with Gasteiger partial charge in [0.15, 0.2) is 0 Å². The van der Waals surface area contributed by atoms with Crippen molar-refractivity contribution in [3.8, 4) is 11.3 Å². The molecule has 0 amide bonds. The second-order valence-corrected chi connectivity index (χ2v) is 5.11. The molecule has 0 atom stereocenters. The molecular formula is C17H19NO3. The number of hydrogen-bond acceptors (Lipinski definition) is 2. The van der Waals surface area contributed by atoms with Crippen LogP contribution in [-0.2, 0) is 6.54 Å². The minimum absolute atomic E-state index is 0.179. The summed E-state index contributed by atoms with van der Waals surface area (Å²) in [5.74, 6) is -1.18. The van der Waals surface area contributed by atoms with Gasteiger partial charge in [-0.15, -0.1) is 0 Å². The summed E-state index contributed by atoms with van der Waals surface area (Å²) in [4.78, 5) is 23.5. The number of nitrogens with zero attached hydrogens (tertiary/aromatic N) is 1. The van der Waals surface area contributed by atoms with E-state index in [0.29, 0.717) is 6.54 Å². The molecule has 0 aliphatic carbocycles. The number of aryl methyl sites for hydroxylation is 1. The maximum atomic E-state index is 12.4. The Kier molecular flexibility index (Phi) is 4.58. The highest BCUT2D eigenvalue weighted by atomic mass is 16.4. The molecule has 0 saturated carbocycles. The van der Waals surface area contributed by atoms with Crippen molar-refractivity contribution in [2.45, 2.75) is 33.2 Å². The molecule has 110 valence electrons. The van der Waals surface area contributed by atoms with Gasteiger partial charge in [0.05, 0.1) is 5.69 Å². The molecule has 0 spiro atoms. The van der Waals surface area contributed by atoms with Gasteiger partial charge in [0.25, 0.3) is 5.56 Å². The van der Waals surface area contributed by atoms with E-state index in [-0.39, 0.29) is 5.56 Å². The summed E-state index contributed by atoms with van der Waals surface area (Å²) in [7, 11) is 0. The molecule has 0 fully saturated rings. The number of pyridine rings is 1. The molecule has 4 heteroatoms. The first-order valence-corrected chi connectivity index (χ1v) is 7.08. The predicted octanol–water partition coefficient (Wildman–Crippen LogP) is 3.32. The molecule has 0 aliphatic heterocycles. The molecule has 0 unspecified atom stereocenters. The number of aromatic carboxylic acids is 1. The first-order chi connectivity index (χ1) is 10.0. The van der Waals surface area contributed by atoms with Gasteiger partial charge < -0.3 is 9.67 Å². The summed E-state index contributed by atoms with van der Waals surface area (Å²) in [5.41, 5.74) is 2.21. The van der Waals surface area contributed by atoms with Crippen molar-refractivity contribution in [3.05, 3.63) is 57.9 Å². The third kappa shape index (κ3) is 3.21. The fourth-order valence-electron chi connectivity index (χ4n) is 2.26. The maximum Gasteiger partial charge on any atom is 0.341 e. The number of carboxylic acid groups (broad SMARTS) is 1. The normalized spacial score (nSPS) is 10.6. The molecule has 21 heavy (non-hydrogen) atoms. The Bertz CT molecular complexity index is 699. The fourth-order valence-corrected chi connectivity index (χ4v) is 2.26. The minimum atomic E-state index is -1.18. The van der Waals surface area contributed by atoms with Gasteiger partial charge in [0.2, 0.25) is 0 Å². The van der Waals surface area contributed by atoms with Gasteiger partial charge in [-0.1, -0.05) is 43.2 Å². The summed E-state index contributed by atoms with van der Waals surface area (Å²) in [6.45, 7) is 4.57. The summed E-state index contributed by atoms with van der Waals surface area (Å²) in [5, 5.41) is 9.10. The lowest BCUT2D eigenvalue weighted by Crippen LogP contribution is -2.27. The number of hydrogen-bond donors (Lipinski definition) is 1. The first-order valence-electron chi connectivity index (χ1n) is 7.08. The number of benzene rings is 1. The summed E-state index contributed by atoms with van der Waals surface area (Å²) in [6.07, 6.45) is 1.78. The molecule has 0 radical (unpaired) electrons. The zero-order chi connectivity index (χ0) is 15.4. The van der Waals surface area contributed by atoms with Crippen LogP contribution in [0.25, 0.3) is 11.3 Å². The van der Waals surface area contributed by atoms with E-state index in [0.717, 1.165) is 29.7 Å². The van der Waals surface area contributed by atoms with E-state index in [9.17, 15) is 9.59 Å². The third-order valence-electron chi connectivity index (χ3n) is 3.49. The van der Waals surface area contributed by atoms with Crippen LogP contribution >= 0.6 is 0 Å². The average Bonchev–Trinajstić information content (AvgIpc) is 2.46. The van der Waals surface area contributed by atoms with Gasteiger partial charge in [-0.3, -0.25) is 4.79 Å². The number of aromatic nitrogens is 1. The zero-order valence-electron chi connectivity index (χ0n) is 12.3. The smallest absolute Gasteiger partial charge is 0.341 e. The fraction of sp³-hybridized carbons (Fsp3) is 0.294. The molecule has 1 aromatic heterocycles. The standard InChI is InChI=1S/C17H19NO3/c1-3-4-11-18-15(13-7-5-12(2)6-8-13)10-9-14(16(18)19)17(20)21/h5-10H,3-4,11H2,1-2H3,(H,20,21). The van der Waals surface area contributed by atoms with Gasteiger partial charge in [-0.25, -0.2) is 4.79 Å². The Hall–Kier alpha value is -2.36. The predicted molar refractivity (Wildman–Crippen MR) is 82.7 cm³/mol. The second-order valence-electron chi connectivity index (χ2n) is 5.11. The van der Waals surface area contributed by atoms with E-state index in [2.05, 4.69) is 0 Å². The Morgan fingerprint density at radius 2 is 1.81 bits per heavy atom. The first kappa shape index (κ1) is 15.0. The highest BCUT2D eigenvalue weighted by Gasteiger charge is 2.14. The zero-order valence-corrected chi connectivity index (χ0v) is 12.3. The molecule has 2 aromatic rings. The molecule has 0 bridgehead atoms. The Balaban J connectivity index is 2.59. The number of carboxylic acids is 1. The van der Waals surface area contributed by atoms with Crippen LogP contribution in [0, 0.1) is 6.92 Å². The Labute approximate surface area is 123 Å². The molecular weight excluding hydrogens is 266 g/mol. The van der Waals surface area contributed by atoms with Crippen LogP contribution in [0.2, 0.25) is 0 Å². The Morgan fingerprint density at radius 1 is 1.14 bits per heavy atom. The van der Waals surface area contributed by atoms with Gasteiger partial charge >= 0.3 is 5.97 Å². The van der Waals surface area contributed by atoms with E-state index in [4.69, 9.17) is 5.11 Å². The van der Waals surface area contributed by atoms with Crippen molar-refractivity contribution in [2.24, 2.45) is 0 Å². The molecule has 0 aliphatic rings. The van der Waals surface area contributed by atoms with E-state index in [1.54, 1.807) is 10.6 Å². The topological polar surface area (TPSA) is 59.3 Å². The van der Waals surface area contributed by atoms with Gasteiger partial charge in [0.1, 0.15) is 5.56 Å². The molecule has 1 aromatic carbocycles. The van der Waals surface area contributed by atoms with Gasteiger partial charge in [0, 0.05) is 6.54 Å². The average molecular weight is 285 g/mol. The van der Waals surface area contributed by atoms with Crippen molar-refractivity contribution in [1.29, 1.82) is 0 Å². The lowest BCUT2D eigenvalue weighted by molar-refractivity contribution is 0.0694. The van der Waals surface area contributed by atoms with Crippen molar-refractivity contribution in [1.82, 2.24) is 4.57 Å². The third-order valence-corrected chi connectivity index (χ3v) is 3.49. The van der Waals surface area contributed by atoms with E-state index in [1.165, 1.54) is 6.07 Å². The van der Waals surface area contributed by atoms with Crippen molar-refractivity contribution < 1.29 is 9.90 Å².